The second kappa shape index (κ2) is 8.91. The lowest BCUT2D eigenvalue weighted by Crippen LogP contribution is -2.30. The Morgan fingerprint density at radius 1 is 1.07 bits per heavy atom. The Bertz CT molecular complexity index is 1040. The van der Waals surface area contributed by atoms with Crippen LogP contribution in [-0.4, -0.2) is 27.2 Å². The number of benzene rings is 2. The monoisotopic (exact) mass is 417 g/mol. The highest BCUT2D eigenvalue weighted by atomic mass is 35.5. The van der Waals surface area contributed by atoms with Crippen molar-refractivity contribution in [1.29, 1.82) is 0 Å². The average molecular weight is 418 g/mol. The summed E-state index contributed by atoms with van der Waals surface area (Å²) in [6, 6.07) is 16.3. The highest BCUT2D eigenvalue weighted by molar-refractivity contribution is 6.32. The van der Waals surface area contributed by atoms with Crippen molar-refractivity contribution in [3.63, 3.8) is 0 Å². The number of carbonyl (C=O) groups is 1. The molecule has 0 amide bonds. The van der Waals surface area contributed by atoms with Crippen LogP contribution >= 0.6 is 23.2 Å². The summed E-state index contributed by atoms with van der Waals surface area (Å²) in [7, 11) is 0. The van der Waals surface area contributed by atoms with E-state index in [1.54, 1.807) is 24.3 Å². The molecule has 0 aliphatic carbocycles. The first-order chi connectivity index (χ1) is 13.5. The smallest absolute Gasteiger partial charge is 0.323 e. The Labute approximate surface area is 171 Å². The Hall–Kier alpha value is -2.83. The Morgan fingerprint density at radius 2 is 1.75 bits per heavy atom. The van der Waals surface area contributed by atoms with Crippen LogP contribution in [0.15, 0.2) is 59.4 Å². The molecule has 2 N–H and O–H groups in total. The van der Waals surface area contributed by atoms with Crippen molar-refractivity contribution in [3.8, 4) is 11.3 Å². The van der Waals surface area contributed by atoms with Gasteiger partial charge in [0, 0.05) is 17.1 Å². The molecule has 0 bridgehead atoms. The zero-order valence-electron chi connectivity index (χ0n) is 14.7. The predicted octanol–water partition coefficient (Wildman–Crippen LogP) is 3.96. The summed E-state index contributed by atoms with van der Waals surface area (Å²) in [6.07, 6.45) is 0.678. The van der Waals surface area contributed by atoms with Crippen molar-refractivity contribution in [1.82, 2.24) is 9.55 Å². The molecule has 3 aromatic rings. The zero-order chi connectivity index (χ0) is 20.1. The third-order valence-electron chi connectivity index (χ3n) is 4.08. The first kappa shape index (κ1) is 19.9. The molecule has 144 valence electrons. The average Bonchev–Trinajstić information content (AvgIpc) is 2.67. The maximum atomic E-state index is 12.9. The van der Waals surface area contributed by atoms with E-state index in [4.69, 9.17) is 23.2 Å². The van der Waals surface area contributed by atoms with Crippen LogP contribution in [0.2, 0.25) is 10.2 Å². The van der Waals surface area contributed by atoms with Gasteiger partial charge >= 0.3 is 5.97 Å². The molecule has 0 spiro atoms. The molecule has 0 aliphatic rings. The van der Waals surface area contributed by atoms with Gasteiger partial charge in [0.1, 0.15) is 6.54 Å². The minimum Gasteiger partial charge on any atom is -0.480 e. The van der Waals surface area contributed by atoms with E-state index in [1.165, 1.54) is 0 Å². The van der Waals surface area contributed by atoms with Crippen LogP contribution in [0.25, 0.3) is 11.3 Å². The molecule has 0 aliphatic heterocycles. The summed E-state index contributed by atoms with van der Waals surface area (Å²) >= 11 is 12.2. The van der Waals surface area contributed by atoms with Gasteiger partial charge in [-0.2, -0.15) is 0 Å². The number of hydrogen-bond acceptors (Lipinski definition) is 4. The van der Waals surface area contributed by atoms with Gasteiger partial charge in [0.25, 0.3) is 5.56 Å². The molecule has 1 aromatic heterocycles. The minimum absolute atomic E-state index is 0.0138. The van der Waals surface area contributed by atoms with E-state index in [2.05, 4.69) is 10.3 Å². The number of nitrogens with one attached hydrogen (secondary N) is 1. The number of nitrogens with zero attached hydrogens (tertiary/aromatic N) is 2. The van der Waals surface area contributed by atoms with Crippen molar-refractivity contribution < 1.29 is 9.90 Å². The molecular formula is C20H17Cl2N3O3. The minimum atomic E-state index is -1.16. The summed E-state index contributed by atoms with van der Waals surface area (Å²) in [5.41, 5.74) is 1.34. The highest BCUT2D eigenvalue weighted by Gasteiger charge is 2.18. The van der Waals surface area contributed by atoms with Crippen LogP contribution < -0.4 is 10.9 Å². The van der Waals surface area contributed by atoms with Gasteiger partial charge in [-0.25, -0.2) is 4.98 Å². The van der Waals surface area contributed by atoms with E-state index < -0.39 is 18.1 Å². The molecule has 2 aromatic carbocycles. The van der Waals surface area contributed by atoms with Crippen LogP contribution in [0.1, 0.15) is 5.56 Å². The molecule has 0 atom stereocenters. The second-order valence-electron chi connectivity index (χ2n) is 6.05. The molecule has 28 heavy (non-hydrogen) atoms. The molecule has 3 rings (SSSR count). The molecule has 0 radical (unpaired) electrons. The molecule has 1 heterocycles. The van der Waals surface area contributed by atoms with Crippen molar-refractivity contribution in [2.45, 2.75) is 13.0 Å². The first-order valence-corrected chi connectivity index (χ1v) is 9.27. The van der Waals surface area contributed by atoms with Gasteiger partial charge in [-0.05, 0) is 24.1 Å². The predicted molar refractivity (Wildman–Crippen MR) is 110 cm³/mol. The van der Waals surface area contributed by atoms with Gasteiger partial charge < -0.3 is 10.4 Å². The van der Waals surface area contributed by atoms with Crippen LogP contribution in [0.3, 0.4) is 0 Å². The Balaban J connectivity index is 1.94. The molecule has 0 saturated heterocycles. The highest BCUT2D eigenvalue weighted by Crippen LogP contribution is 2.27. The topological polar surface area (TPSA) is 84.2 Å². The maximum absolute atomic E-state index is 12.9. The van der Waals surface area contributed by atoms with Gasteiger partial charge in [-0.3, -0.25) is 14.2 Å². The summed E-state index contributed by atoms with van der Waals surface area (Å²) in [6.45, 7) is -0.0810. The normalized spacial score (nSPS) is 10.6. The molecule has 0 unspecified atom stereocenters. The largest absolute Gasteiger partial charge is 0.480 e. The number of rotatable bonds is 7. The summed E-state index contributed by atoms with van der Waals surface area (Å²) < 4.78 is 1.10. The number of carboxylic acid groups (broad SMARTS) is 1. The van der Waals surface area contributed by atoms with Gasteiger partial charge in [0.05, 0.1) is 5.69 Å². The van der Waals surface area contributed by atoms with Crippen LogP contribution in [0.4, 0.5) is 5.82 Å². The fourth-order valence-corrected chi connectivity index (χ4v) is 3.22. The number of halogens is 2. The summed E-state index contributed by atoms with van der Waals surface area (Å²) in [4.78, 5) is 28.3. The number of anilines is 1. The number of carboxylic acids is 1. The van der Waals surface area contributed by atoms with Gasteiger partial charge in [0.2, 0.25) is 0 Å². The number of aliphatic carboxylic acids is 1. The van der Waals surface area contributed by atoms with Crippen LogP contribution in [0, 0.1) is 0 Å². The fraction of sp³-hybridized carbons (Fsp3) is 0.150. The van der Waals surface area contributed by atoms with Crippen LogP contribution in [0.5, 0.6) is 0 Å². The van der Waals surface area contributed by atoms with Gasteiger partial charge in [-0.15, -0.1) is 0 Å². The quantitative estimate of drug-likeness (QED) is 0.607. The molecule has 0 fully saturated rings. The number of aromatic nitrogens is 2. The molecular weight excluding hydrogens is 401 g/mol. The van der Waals surface area contributed by atoms with Crippen molar-refractivity contribution in [3.05, 3.63) is 80.7 Å². The SMILES string of the molecule is O=C(O)Cn1c(-c2ccc(Cl)cc2)c(Cl)nc(NCCc2ccccc2)c1=O. The van der Waals surface area contributed by atoms with Crippen molar-refractivity contribution in [2.75, 3.05) is 11.9 Å². The third-order valence-corrected chi connectivity index (χ3v) is 4.60. The second-order valence-corrected chi connectivity index (χ2v) is 6.85. The van der Waals surface area contributed by atoms with Gasteiger partial charge in [-0.1, -0.05) is 65.7 Å². The fourth-order valence-electron chi connectivity index (χ4n) is 2.79. The third kappa shape index (κ3) is 4.71. The lowest BCUT2D eigenvalue weighted by molar-refractivity contribution is -0.137. The number of hydrogen-bond donors (Lipinski definition) is 2. The van der Waals surface area contributed by atoms with Crippen molar-refractivity contribution >= 4 is 35.0 Å². The van der Waals surface area contributed by atoms with E-state index in [1.807, 2.05) is 30.3 Å². The molecule has 8 heteroatoms. The Kier molecular flexibility index (Phi) is 6.34. The van der Waals surface area contributed by atoms with E-state index in [0.29, 0.717) is 23.6 Å². The summed E-state index contributed by atoms with van der Waals surface area (Å²) in [5.74, 6) is -1.14. The standard InChI is InChI=1S/C20H17Cl2N3O3/c21-15-8-6-14(7-9-15)17-18(22)24-19(20(28)25(17)12-16(26)27)23-11-10-13-4-2-1-3-5-13/h1-9H,10-12H2,(H,23,24)(H,26,27). The van der Waals surface area contributed by atoms with E-state index in [9.17, 15) is 14.7 Å². The van der Waals surface area contributed by atoms with E-state index >= 15 is 0 Å². The zero-order valence-corrected chi connectivity index (χ0v) is 16.2. The Morgan fingerprint density at radius 3 is 2.39 bits per heavy atom. The van der Waals surface area contributed by atoms with E-state index in [-0.39, 0.29) is 16.7 Å². The van der Waals surface area contributed by atoms with E-state index in [0.717, 1.165) is 10.1 Å². The lowest BCUT2D eigenvalue weighted by Gasteiger charge is -2.15. The maximum Gasteiger partial charge on any atom is 0.323 e. The summed E-state index contributed by atoms with van der Waals surface area (Å²) in [5, 5.41) is 12.8. The van der Waals surface area contributed by atoms with Crippen molar-refractivity contribution in [2.24, 2.45) is 0 Å². The van der Waals surface area contributed by atoms with Crippen LogP contribution in [-0.2, 0) is 17.8 Å². The molecule has 6 nitrogen and oxygen atoms in total. The van der Waals surface area contributed by atoms with Gasteiger partial charge in [0.15, 0.2) is 11.0 Å². The first-order valence-electron chi connectivity index (χ1n) is 8.51. The lowest BCUT2D eigenvalue weighted by atomic mass is 10.1. The molecule has 0 saturated carbocycles.